The normalized spacial score (nSPS) is 17.4. The van der Waals surface area contributed by atoms with Crippen molar-refractivity contribution in [1.82, 2.24) is 15.0 Å². The van der Waals surface area contributed by atoms with Gasteiger partial charge in [-0.15, -0.1) is 0 Å². The summed E-state index contributed by atoms with van der Waals surface area (Å²) >= 11 is 0. The molecule has 6 nitrogen and oxygen atoms in total. The van der Waals surface area contributed by atoms with Gasteiger partial charge in [-0.3, -0.25) is 4.90 Å². The Kier molecular flexibility index (Phi) is 4.90. The number of likely N-dealkylation sites (tertiary alicyclic amines) is 1. The molecule has 0 saturated carbocycles. The van der Waals surface area contributed by atoms with Crippen molar-refractivity contribution in [1.29, 1.82) is 0 Å². The predicted molar refractivity (Wildman–Crippen MR) is 84.7 cm³/mol. The van der Waals surface area contributed by atoms with Gasteiger partial charge in [-0.1, -0.05) is 48.8 Å². The molecule has 122 valence electrons. The van der Waals surface area contributed by atoms with Crippen molar-refractivity contribution in [2.75, 3.05) is 13.2 Å². The molecule has 2 aromatic rings. The van der Waals surface area contributed by atoms with E-state index in [1.165, 1.54) is 0 Å². The molecule has 0 radical (unpaired) electrons. The number of aromatic nitrogens is 2. The number of unbranched alkanes of at least 4 members (excludes halogenated alkanes) is 1. The van der Waals surface area contributed by atoms with Crippen LogP contribution in [0.15, 0.2) is 34.9 Å². The van der Waals surface area contributed by atoms with Gasteiger partial charge in [0.1, 0.15) is 6.04 Å². The molecule has 1 aromatic heterocycles. The zero-order valence-electron chi connectivity index (χ0n) is 13.3. The summed E-state index contributed by atoms with van der Waals surface area (Å²) in [5.74, 6) is 1.03. The molecule has 1 aliphatic rings. The predicted octanol–water partition coefficient (Wildman–Crippen LogP) is 3.81. The third-order valence-electron chi connectivity index (χ3n) is 3.97. The maximum atomic E-state index is 12.2. The first kappa shape index (κ1) is 15.5. The van der Waals surface area contributed by atoms with Crippen LogP contribution in [-0.4, -0.2) is 34.3 Å². The first-order valence-corrected chi connectivity index (χ1v) is 8.12. The summed E-state index contributed by atoms with van der Waals surface area (Å²) < 4.78 is 10.7. The number of hydrogen-bond acceptors (Lipinski definition) is 5. The zero-order chi connectivity index (χ0) is 16.1. The fourth-order valence-corrected chi connectivity index (χ4v) is 2.70. The Hall–Kier alpha value is -2.37. The molecule has 3 rings (SSSR count). The molecular formula is C17H21N3O3. The Morgan fingerprint density at radius 1 is 1.39 bits per heavy atom. The molecule has 0 N–H and O–H groups in total. The molecule has 1 amide bonds. The lowest BCUT2D eigenvalue weighted by Crippen LogP contribution is -2.31. The molecule has 1 atom stereocenters. The van der Waals surface area contributed by atoms with Crippen molar-refractivity contribution in [3.63, 3.8) is 0 Å². The highest BCUT2D eigenvalue weighted by Gasteiger charge is 2.35. The van der Waals surface area contributed by atoms with E-state index in [2.05, 4.69) is 17.1 Å². The van der Waals surface area contributed by atoms with E-state index < -0.39 is 0 Å². The second-order valence-corrected chi connectivity index (χ2v) is 5.64. The fourth-order valence-electron chi connectivity index (χ4n) is 2.70. The Labute approximate surface area is 135 Å². The average molecular weight is 315 g/mol. The molecule has 2 heterocycles. The van der Waals surface area contributed by atoms with Crippen LogP contribution in [0.1, 0.15) is 44.5 Å². The molecule has 23 heavy (non-hydrogen) atoms. The van der Waals surface area contributed by atoms with Gasteiger partial charge in [0.15, 0.2) is 0 Å². The number of nitrogens with zero attached hydrogens (tertiary/aromatic N) is 3. The lowest BCUT2D eigenvalue weighted by molar-refractivity contribution is 0.0911. The van der Waals surface area contributed by atoms with E-state index in [9.17, 15) is 4.79 Å². The van der Waals surface area contributed by atoms with E-state index in [4.69, 9.17) is 9.26 Å². The van der Waals surface area contributed by atoms with E-state index in [0.717, 1.165) is 31.2 Å². The fraction of sp³-hybridized carbons (Fsp3) is 0.471. The number of amides is 1. The molecule has 1 saturated heterocycles. The van der Waals surface area contributed by atoms with Crippen molar-refractivity contribution in [2.45, 2.75) is 38.6 Å². The van der Waals surface area contributed by atoms with Crippen LogP contribution in [0.25, 0.3) is 11.4 Å². The number of ether oxygens (including phenoxy) is 1. The SMILES string of the molecule is CCCCOC(=O)N1CCC[C@H]1c1nc(-c2ccccc2)no1. The molecule has 0 unspecified atom stereocenters. The average Bonchev–Trinajstić information content (AvgIpc) is 3.25. The summed E-state index contributed by atoms with van der Waals surface area (Å²) in [5.41, 5.74) is 0.901. The van der Waals surface area contributed by atoms with Gasteiger partial charge < -0.3 is 9.26 Å². The van der Waals surface area contributed by atoms with E-state index in [1.54, 1.807) is 4.90 Å². The number of benzene rings is 1. The minimum Gasteiger partial charge on any atom is -0.449 e. The largest absolute Gasteiger partial charge is 0.449 e. The highest BCUT2D eigenvalue weighted by molar-refractivity contribution is 5.68. The molecule has 1 fully saturated rings. The third-order valence-corrected chi connectivity index (χ3v) is 3.97. The van der Waals surface area contributed by atoms with E-state index in [1.807, 2.05) is 30.3 Å². The summed E-state index contributed by atoms with van der Waals surface area (Å²) in [7, 11) is 0. The van der Waals surface area contributed by atoms with E-state index in [-0.39, 0.29) is 12.1 Å². The second-order valence-electron chi connectivity index (χ2n) is 5.64. The van der Waals surface area contributed by atoms with Gasteiger partial charge >= 0.3 is 6.09 Å². The highest BCUT2D eigenvalue weighted by Crippen LogP contribution is 2.32. The minimum absolute atomic E-state index is 0.186. The Morgan fingerprint density at radius 2 is 2.22 bits per heavy atom. The Balaban J connectivity index is 1.71. The smallest absolute Gasteiger partial charge is 0.410 e. The van der Waals surface area contributed by atoms with Gasteiger partial charge in [0.2, 0.25) is 11.7 Å². The van der Waals surface area contributed by atoms with Crippen molar-refractivity contribution in [3.8, 4) is 11.4 Å². The van der Waals surface area contributed by atoms with Gasteiger partial charge in [0, 0.05) is 12.1 Å². The van der Waals surface area contributed by atoms with Crippen LogP contribution in [0.2, 0.25) is 0 Å². The Bertz CT molecular complexity index is 642. The maximum Gasteiger partial charge on any atom is 0.410 e. The van der Waals surface area contributed by atoms with Crippen molar-refractivity contribution < 1.29 is 14.1 Å². The topological polar surface area (TPSA) is 68.5 Å². The lowest BCUT2D eigenvalue weighted by atomic mass is 10.2. The van der Waals surface area contributed by atoms with E-state index >= 15 is 0 Å². The molecular weight excluding hydrogens is 294 g/mol. The quantitative estimate of drug-likeness (QED) is 0.785. The summed E-state index contributed by atoms with van der Waals surface area (Å²) in [6, 6.07) is 9.47. The molecule has 6 heteroatoms. The summed E-state index contributed by atoms with van der Waals surface area (Å²) in [6.45, 7) is 3.19. The van der Waals surface area contributed by atoms with Crippen molar-refractivity contribution >= 4 is 6.09 Å². The number of carbonyl (C=O) groups excluding carboxylic acids is 1. The highest BCUT2D eigenvalue weighted by atomic mass is 16.6. The van der Waals surface area contributed by atoms with Crippen molar-refractivity contribution in [2.24, 2.45) is 0 Å². The third kappa shape index (κ3) is 3.52. The maximum absolute atomic E-state index is 12.2. The summed E-state index contributed by atoms with van der Waals surface area (Å²) in [4.78, 5) is 18.4. The summed E-state index contributed by atoms with van der Waals surface area (Å²) in [6.07, 6.45) is 3.32. The number of rotatable bonds is 5. The minimum atomic E-state index is -0.291. The van der Waals surface area contributed by atoms with Gasteiger partial charge in [-0.2, -0.15) is 4.98 Å². The number of carbonyl (C=O) groups is 1. The van der Waals surface area contributed by atoms with Gasteiger partial charge in [-0.05, 0) is 19.3 Å². The second kappa shape index (κ2) is 7.26. The van der Waals surface area contributed by atoms with Crippen LogP contribution in [-0.2, 0) is 4.74 Å². The van der Waals surface area contributed by atoms with Crippen molar-refractivity contribution in [3.05, 3.63) is 36.2 Å². The zero-order valence-corrected chi connectivity index (χ0v) is 13.3. The first-order chi connectivity index (χ1) is 11.3. The standard InChI is InChI=1S/C17H21N3O3/c1-2-3-12-22-17(21)20-11-7-10-14(20)16-18-15(19-23-16)13-8-5-4-6-9-13/h4-6,8-9,14H,2-3,7,10-12H2,1H3/t14-/m0/s1. The van der Waals surface area contributed by atoms with Gasteiger partial charge in [0.25, 0.3) is 0 Å². The van der Waals surface area contributed by atoms with Crippen LogP contribution in [0.3, 0.4) is 0 Å². The van der Waals surface area contributed by atoms with Crippen LogP contribution < -0.4 is 0 Å². The lowest BCUT2D eigenvalue weighted by Gasteiger charge is -2.21. The Morgan fingerprint density at radius 3 is 3.00 bits per heavy atom. The van der Waals surface area contributed by atoms with Gasteiger partial charge in [0.05, 0.1) is 6.61 Å². The van der Waals surface area contributed by atoms with Crippen LogP contribution in [0, 0.1) is 0 Å². The number of hydrogen-bond donors (Lipinski definition) is 0. The van der Waals surface area contributed by atoms with Crippen LogP contribution >= 0.6 is 0 Å². The first-order valence-electron chi connectivity index (χ1n) is 8.12. The monoisotopic (exact) mass is 315 g/mol. The molecule has 0 spiro atoms. The van der Waals surface area contributed by atoms with E-state index in [0.29, 0.717) is 24.9 Å². The molecule has 0 aliphatic carbocycles. The molecule has 1 aliphatic heterocycles. The molecule has 1 aromatic carbocycles. The van der Waals surface area contributed by atoms with Gasteiger partial charge in [-0.25, -0.2) is 4.79 Å². The summed E-state index contributed by atoms with van der Waals surface area (Å²) in [5, 5.41) is 4.04. The van der Waals surface area contributed by atoms with Crippen LogP contribution in [0.4, 0.5) is 4.79 Å². The molecule has 0 bridgehead atoms. The van der Waals surface area contributed by atoms with Crippen LogP contribution in [0.5, 0.6) is 0 Å².